The van der Waals surface area contributed by atoms with Crippen molar-refractivity contribution >= 4 is 17.3 Å². The first-order valence-corrected chi connectivity index (χ1v) is 14.9. The van der Waals surface area contributed by atoms with Crippen LogP contribution in [0.25, 0.3) is 0 Å². The first-order valence-electron chi connectivity index (χ1n) is 14.9. The van der Waals surface area contributed by atoms with E-state index >= 15 is 0 Å². The molecular weight excluding hydrogens is 565 g/mol. The molecule has 230 valence electrons. The molecule has 1 amide bonds. The molecule has 5 rings (SSSR count). The number of hydrogen-bond donors (Lipinski definition) is 2. The van der Waals surface area contributed by atoms with Crippen LogP contribution in [0, 0.1) is 5.92 Å². The molecule has 3 aromatic carbocycles. The highest BCUT2D eigenvalue weighted by atomic mass is 19.4. The topological polar surface area (TPSA) is 66.0 Å². The molecule has 0 saturated carbocycles. The van der Waals surface area contributed by atoms with Crippen LogP contribution >= 0.6 is 0 Å². The van der Waals surface area contributed by atoms with E-state index in [0.29, 0.717) is 5.69 Å². The van der Waals surface area contributed by atoms with Crippen molar-refractivity contribution in [2.24, 2.45) is 10.9 Å². The Balaban J connectivity index is 1.31. The molecule has 2 N–H and O–H groups in total. The van der Waals surface area contributed by atoms with Crippen molar-refractivity contribution in [2.45, 2.75) is 39.0 Å². The summed E-state index contributed by atoms with van der Waals surface area (Å²) in [6.07, 6.45) is 2.71. The van der Waals surface area contributed by atoms with E-state index in [2.05, 4.69) is 65.0 Å². The lowest BCUT2D eigenvalue weighted by molar-refractivity contribution is -0.137. The van der Waals surface area contributed by atoms with E-state index in [9.17, 15) is 18.0 Å². The molecular formula is C35H37F3N4O2. The van der Waals surface area contributed by atoms with Crippen LogP contribution in [0.4, 0.5) is 18.9 Å². The summed E-state index contributed by atoms with van der Waals surface area (Å²) in [5.41, 5.74) is 3.60. The molecule has 2 heterocycles. The highest BCUT2D eigenvalue weighted by Gasteiger charge is 2.31. The number of rotatable bonds is 8. The second-order valence-electron chi connectivity index (χ2n) is 11.3. The minimum absolute atomic E-state index is 0.0611. The molecule has 0 radical (unpaired) electrons. The van der Waals surface area contributed by atoms with Gasteiger partial charge in [-0.3, -0.25) is 9.69 Å². The molecule has 9 heteroatoms. The van der Waals surface area contributed by atoms with E-state index in [-0.39, 0.29) is 17.5 Å². The number of alkyl halides is 3. The number of benzene rings is 3. The summed E-state index contributed by atoms with van der Waals surface area (Å²) >= 11 is 0. The van der Waals surface area contributed by atoms with Gasteiger partial charge < -0.3 is 15.4 Å². The predicted molar refractivity (Wildman–Crippen MR) is 167 cm³/mol. The van der Waals surface area contributed by atoms with Gasteiger partial charge in [0, 0.05) is 36.4 Å². The van der Waals surface area contributed by atoms with Crippen molar-refractivity contribution in [1.82, 2.24) is 10.2 Å². The Hall–Kier alpha value is -4.21. The zero-order valence-electron chi connectivity index (χ0n) is 24.9. The largest absolute Gasteiger partial charge is 0.416 e. The van der Waals surface area contributed by atoms with Gasteiger partial charge in [0.1, 0.15) is 5.82 Å². The normalized spacial score (nSPS) is 18.4. The lowest BCUT2D eigenvalue weighted by atomic mass is 10.0. The number of aliphatic imine (C=N–C) groups is 1. The predicted octanol–water partition coefficient (Wildman–Crippen LogP) is 7.37. The second-order valence-corrected chi connectivity index (χ2v) is 11.3. The van der Waals surface area contributed by atoms with E-state index in [0.717, 1.165) is 74.1 Å². The Morgan fingerprint density at radius 1 is 1.05 bits per heavy atom. The standard InChI is InChI=1S/C35H37F3N4O2/c1-24-7-3-14-32(28-10-4-8-26(20-28)23-42-15-17-44-18-16-42)41-33(19-24)39-25(2)27-9-6-13-31(22-27)40-34(43)29-11-5-12-30(21-29)35(36,37)38/h3-6,8-14,19-22,24-25,39H,7,15-18,23H2,1-2H3,(H,40,43)/t24?,25-/m0/s1. The van der Waals surface area contributed by atoms with Crippen LogP contribution in [0.2, 0.25) is 0 Å². The van der Waals surface area contributed by atoms with Gasteiger partial charge in [-0.25, -0.2) is 4.99 Å². The van der Waals surface area contributed by atoms with Gasteiger partial charge in [0.25, 0.3) is 5.91 Å². The van der Waals surface area contributed by atoms with Gasteiger partial charge >= 0.3 is 6.18 Å². The highest BCUT2D eigenvalue weighted by molar-refractivity contribution is 6.09. The average molecular weight is 603 g/mol. The maximum Gasteiger partial charge on any atom is 0.416 e. The number of morpholine rings is 1. The minimum atomic E-state index is -4.52. The van der Waals surface area contributed by atoms with Gasteiger partial charge in [-0.1, -0.05) is 49.4 Å². The van der Waals surface area contributed by atoms with Crippen molar-refractivity contribution in [3.8, 4) is 0 Å². The molecule has 1 saturated heterocycles. The lowest BCUT2D eigenvalue weighted by Crippen LogP contribution is -2.35. The van der Waals surface area contributed by atoms with Crippen molar-refractivity contribution in [1.29, 1.82) is 0 Å². The third kappa shape index (κ3) is 8.45. The van der Waals surface area contributed by atoms with Crippen molar-refractivity contribution < 1.29 is 22.7 Å². The van der Waals surface area contributed by atoms with Crippen LogP contribution in [0.5, 0.6) is 0 Å². The van der Waals surface area contributed by atoms with Crippen LogP contribution in [0.15, 0.2) is 102 Å². The molecule has 0 aliphatic carbocycles. The van der Waals surface area contributed by atoms with Gasteiger partial charge in [0.2, 0.25) is 0 Å². The Morgan fingerprint density at radius 3 is 2.61 bits per heavy atom. The van der Waals surface area contributed by atoms with E-state index in [1.807, 2.05) is 25.1 Å². The van der Waals surface area contributed by atoms with Crippen molar-refractivity contribution in [2.75, 3.05) is 31.6 Å². The Kier molecular flexibility index (Phi) is 9.97. The SMILES string of the molecule is CC1C=C(N[C@@H](C)c2cccc(NC(=O)c3cccc(C(F)(F)F)c3)c2)N=C(c2cccc(CN3CCOCC3)c2)C=CC1. The maximum atomic E-state index is 13.1. The molecule has 3 aromatic rings. The summed E-state index contributed by atoms with van der Waals surface area (Å²) in [5.74, 6) is 0.417. The van der Waals surface area contributed by atoms with Crippen LogP contribution in [-0.2, 0) is 17.5 Å². The summed E-state index contributed by atoms with van der Waals surface area (Å²) in [5, 5.41) is 6.26. The first kappa shape index (κ1) is 31.2. The van der Waals surface area contributed by atoms with E-state index in [1.54, 1.807) is 6.07 Å². The maximum absolute atomic E-state index is 13.1. The number of carbonyl (C=O) groups excluding carboxylic acids is 1. The molecule has 0 bridgehead atoms. The van der Waals surface area contributed by atoms with Crippen molar-refractivity contribution in [3.63, 3.8) is 0 Å². The quantitative estimate of drug-likeness (QED) is 0.283. The smallest absolute Gasteiger partial charge is 0.379 e. The fourth-order valence-corrected chi connectivity index (χ4v) is 5.25. The van der Waals surface area contributed by atoms with Crippen LogP contribution in [0.1, 0.15) is 58.9 Å². The van der Waals surface area contributed by atoms with E-state index in [1.165, 1.54) is 17.7 Å². The summed E-state index contributed by atoms with van der Waals surface area (Å²) in [4.78, 5) is 20.2. The summed E-state index contributed by atoms with van der Waals surface area (Å²) in [7, 11) is 0. The third-order valence-corrected chi connectivity index (χ3v) is 7.66. The van der Waals surface area contributed by atoms with Crippen molar-refractivity contribution in [3.05, 3.63) is 125 Å². The molecule has 2 atom stereocenters. The summed E-state index contributed by atoms with van der Waals surface area (Å²) < 4.78 is 44.9. The number of nitrogens with zero attached hydrogens (tertiary/aromatic N) is 2. The number of allylic oxidation sites excluding steroid dienone is 3. The molecule has 2 aliphatic heterocycles. The zero-order chi connectivity index (χ0) is 31.1. The molecule has 0 aromatic heterocycles. The van der Waals surface area contributed by atoms with Gasteiger partial charge in [0.05, 0.1) is 30.5 Å². The Morgan fingerprint density at radius 2 is 1.82 bits per heavy atom. The highest BCUT2D eigenvalue weighted by Crippen LogP contribution is 2.30. The molecule has 44 heavy (non-hydrogen) atoms. The summed E-state index contributed by atoms with van der Waals surface area (Å²) in [6.45, 7) is 8.38. The Labute approximate surface area is 256 Å². The summed E-state index contributed by atoms with van der Waals surface area (Å²) in [6, 6.07) is 20.0. The number of amides is 1. The number of nitrogens with one attached hydrogen (secondary N) is 2. The molecule has 0 spiro atoms. The Bertz CT molecular complexity index is 1560. The van der Waals surface area contributed by atoms with Gasteiger partial charge in [-0.2, -0.15) is 13.2 Å². The number of ether oxygens (including phenoxy) is 1. The number of carbonyl (C=O) groups is 1. The lowest BCUT2D eigenvalue weighted by Gasteiger charge is -2.26. The molecule has 1 fully saturated rings. The third-order valence-electron chi connectivity index (χ3n) is 7.66. The fraction of sp³-hybridized carbons (Fsp3) is 0.314. The number of halogens is 3. The van der Waals surface area contributed by atoms with Gasteiger partial charge in [-0.15, -0.1) is 0 Å². The zero-order valence-corrected chi connectivity index (χ0v) is 24.9. The van der Waals surface area contributed by atoms with E-state index < -0.39 is 17.6 Å². The van der Waals surface area contributed by atoms with Gasteiger partial charge in [-0.05, 0) is 78.9 Å². The molecule has 1 unspecified atom stereocenters. The van der Waals surface area contributed by atoms with E-state index in [4.69, 9.17) is 9.73 Å². The monoisotopic (exact) mass is 602 g/mol. The van der Waals surface area contributed by atoms with Crippen LogP contribution in [-0.4, -0.2) is 42.8 Å². The average Bonchev–Trinajstić information content (AvgIpc) is 3.00. The molecule has 2 aliphatic rings. The second kappa shape index (κ2) is 14.1. The van der Waals surface area contributed by atoms with Gasteiger partial charge in [0.15, 0.2) is 0 Å². The minimum Gasteiger partial charge on any atom is -0.379 e. The first-order chi connectivity index (χ1) is 21.1. The number of hydrogen-bond acceptors (Lipinski definition) is 5. The fourth-order valence-electron chi connectivity index (χ4n) is 5.25. The van der Waals surface area contributed by atoms with Crippen LogP contribution in [0.3, 0.4) is 0 Å². The number of anilines is 1. The molecule has 6 nitrogen and oxygen atoms in total. The van der Waals surface area contributed by atoms with Crippen LogP contribution < -0.4 is 10.6 Å².